The molecule has 0 unspecified atom stereocenters. The van der Waals surface area contributed by atoms with Crippen molar-refractivity contribution in [2.45, 2.75) is 25.4 Å². The van der Waals surface area contributed by atoms with Gasteiger partial charge in [-0.3, -0.25) is 0 Å². The van der Waals surface area contributed by atoms with Crippen LogP contribution in [0.1, 0.15) is 29.3 Å². The lowest BCUT2D eigenvalue weighted by atomic mass is 10.1. The highest BCUT2D eigenvalue weighted by molar-refractivity contribution is 5.74. The van der Waals surface area contributed by atoms with E-state index in [1.165, 1.54) is 6.07 Å². The molecule has 1 aliphatic rings. The Morgan fingerprint density at radius 1 is 1.29 bits per heavy atom. The highest BCUT2D eigenvalue weighted by atomic mass is 19.1. The number of urea groups is 1. The van der Waals surface area contributed by atoms with Gasteiger partial charge in [0.05, 0.1) is 18.3 Å². The minimum atomic E-state index is -0.269. The number of pyridine rings is 1. The summed E-state index contributed by atoms with van der Waals surface area (Å²) in [6.45, 7) is 0.343. The maximum absolute atomic E-state index is 13.7. The zero-order valence-corrected chi connectivity index (χ0v) is 13.8. The summed E-state index contributed by atoms with van der Waals surface area (Å²) in [6.07, 6.45) is 1.37. The minimum Gasteiger partial charge on any atom is -0.363 e. The number of anilines is 1. The van der Waals surface area contributed by atoms with Crippen molar-refractivity contribution in [3.8, 4) is 0 Å². The van der Waals surface area contributed by atoms with E-state index in [4.69, 9.17) is 0 Å². The number of nitrogens with zero attached hydrogens (tertiary/aromatic N) is 2. The fraction of sp³-hybridized carbons (Fsp3) is 0.333. The number of benzene rings is 1. The van der Waals surface area contributed by atoms with Crippen LogP contribution < -0.4 is 15.5 Å². The molecule has 1 aromatic heterocycles. The number of hydrogen-bond acceptors (Lipinski definition) is 3. The Morgan fingerprint density at radius 3 is 2.88 bits per heavy atom. The normalized spacial score (nSPS) is 15.7. The molecule has 1 aliphatic carbocycles. The second-order valence-corrected chi connectivity index (χ2v) is 6.11. The predicted molar refractivity (Wildman–Crippen MR) is 91.4 cm³/mol. The Kier molecular flexibility index (Phi) is 4.64. The van der Waals surface area contributed by atoms with Crippen molar-refractivity contribution in [2.24, 2.45) is 0 Å². The maximum Gasteiger partial charge on any atom is 0.315 e. The molecule has 1 aromatic carbocycles. The maximum atomic E-state index is 13.7. The number of carbonyl (C=O) groups is 1. The SMILES string of the molecule is CN(C)c1cccc(CNC(=O)N[C@@H]2CCc3c(F)cccc32)n1. The van der Waals surface area contributed by atoms with Gasteiger partial charge in [0.15, 0.2) is 0 Å². The van der Waals surface area contributed by atoms with Crippen molar-refractivity contribution in [3.05, 3.63) is 59.0 Å². The number of amides is 2. The summed E-state index contributed by atoms with van der Waals surface area (Å²) < 4.78 is 13.7. The van der Waals surface area contributed by atoms with Gasteiger partial charge in [0.2, 0.25) is 0 Å². The number of nitrogens with one attached hydrogen (secondary N) is 2. The van der Waals surface area contributed by atoms with Crippen LogP contribution in [-0.2, 0) is 13.0 Å². The fourth-order valence-electron chi connectivity index (χ4n) is 2.95. The molecule has 5 nitrogen and oxygen atoms in total. The van der Waals surface area contributed by atoms with E-state index in [1.54, 1.807) is 6.07 Å². The Bertz CT molecular complexity index is 748. The van der Waals surface area contributed by atoms with E-state index < -0.39 is 0 Å². The first-order valence-electron chi connectivity index (χ1n) is 7.99. The van der Waals surface area contributed by atoms with Crippen molar-refractivity contribution in [1.29, 1.82) is 0 Å². The van der Waals surface area contributed by atoms with Crippen molar-refractivity contribution in [3.63, 3.8) is 0 Å². The van der Waals surface area contributed by atoms with Crippen molar-refractivity contribution >= 4 is 11.8 Å². The van der Waals surface area contributed by atoms with E-state index in [1.807, 2.05) is 43.3 Å². The zero-order valence-electron chi connectivity index (χ0n) is 13.8. The van der Waals surface area contributed by atoms with E-state index in [2.05, 4.69) is 15.6 Å². The predicted octanol–water partition coefficient (Wildman–Crippen LogP) is 2.77. The molecule has 1 heterocycles. The van der Waals surface area contributed by atoms with Gasteiger partial charge in [0.25, 0.3) is 0 Å². The molecule has 2 N–H and O–H groups in total. The molecule has 6 heteroatoms. The van der Waals surface area contributed by atoms with Crippen LogP contribution in [0, 0.1) is 5.82 Å². The molecular formula is C18H21FN4O. The van der Waals surface area contributed by atoms with Gasteiger partial charge in [-0.05, 0) is 42.2 Å². The first-order chi connectivity index (χ1) is 11.5. The standard InChI is InChI=1S/C18H21FN4O/c1-23(2)17-8-3-5-12(21-17)11-20-18(24)22-16-10-9-13-14(16)6-4-7-15(13)19/h3-8,16H,9-11H2,1-2H3,(H2,20,22,24)/t16-/m1/s1. The molecule has 1 atom stereocenters. The molecular weight excluding hydrogens is 307 g/mol. The average Bonchev–Trinajstić information content (AvgIpc) is 2.98. The quantitative estimate of drug-likeness (QED) is 0.907. The summed E-state index contributed by atoms with van der Waals surface area (Å²) in [5, 5.41) is 5.73. The Hall–Kier alpha value is -2.63. The van der Waals surface area contributed by atoms with E-state index in [0.29, 0.717) is 18.5 Å². The van der Waals surface area contributed by atoms with Crippen LogP contribution in [0.5, 0.6) is 0 Å². The molecule has 0 radical (unpaired) electrons. The third-order valence-electron chi connectivity index (χ3n) is 4.20. The van der Waals surface area contributed by atoms with Crippen LogP contribution in [0.25, 0.3) is 0 Å². The van der Waals surface area contributed by atoms with Crippen LogP contribution in [0.2, 0.25) is 0 Å². The molecule has 2 aromatic rings. The van der Waals surface area contributed by atoms with Gasteiger partial charge in [-0.2, -0.15) is 0 Å². The molecule has 0 fully saturated rings. The Morgan fingerprint density at radius 2 is 2.08 bits per heavy atom. The highest BCUT2D eigenvalue weighted by Gasteiger charge is 2.25. The summed E-state index contributed by atoms with van der Waals surface area (Å²) in [5.74, 6) is 0.650. The largest absolute Gasteiger partial charge is 0.363 e. The molecule has 0 spiro atoms. The minimum absolute atomic E-state index is 0.142. The van der Waals surface area contributed by atoms with Crippen molar-refractivity contribution < 1.29 is 9.18 Å². The molecule has 24 heavy (non-hydrogen) atoms. The molecule has 3 rings (SSSR count). The summed E-state index contributed by atoms with van der Waals surface area (Å²) in [5.41, 5.74) is 2.37. The van der Waals surface area contributed by atoms with Gasteiger partial charge >= 0.3 is 6.03 Å². The average molecular weight is 328 g/mol. The number of fused-ring (bicyclic) bond motifs is 1. The third-order valence-corrected chi connectivity index (χ3v) is 4.20. The van der Waals surface area contributed by atoms with E-state index in [-0.39, 0.29) is 17.9 Å². The third kappa shape index (κ3) is 3.48. The van der Waals surface area contributed by atoms with Gasteiger partial charge in [-0.1, -0.05) is 18.2 Å². The molecule has 126 valence electrons. The number of rotatable bonds is 4. The molecule has 0 aliphatic heterocycles. The Balaban J connectivity index is 1.58. The molecule has 2 amide bonds. The van der Waals surface area contributed by atoms with Crippen LogP contribution in [-0.4, -0.2) is 25.1 Å². The monoisotopic (exact) mass is 328 g/mol. The van der Waals surface area contributed by atoms with Gasteiger partial charge in [0.1, 0.15) is 11.6 Å². The van der Waals surface area contributed by atoms with E-state index in [0.717, 1.165) is 23.5 Å². The first kappa shape index (κ1) is 16.2. The molecule has 0 saturated heterocycles. The first-order valence-corrected chi connectivity index (χ1v) is 7.99. The van der Waals surface area contributed by atoms with Crippen molar-refractivity contribution in [1.82, 2.24) is 15.6 Å². The molecule has 0 saturated carbocycles. The summed E-state index contributed by atoms with van der Waals surface area (Å²) in [6, 6.07) is 10.3. The van der Waals surface area contributed by atoms with Gasteiger partial charge < -0.3 is 15.5 Å². The smallest absolute Gasteiger partial charge is 0.315 e. The summed E-state index contributed by atoms with van der Waals surface area (Å²) >= 11 is 0. The number of halogens is 1. The fourth-order valence-corrected chi connectivity index (χ4v) is 2.95. The van der Waals surface area contributed by atoms with Crippen LogP contribution in [0.3, 0.4) is 0 Å². The lowest BCUT2D eigenvalue weighted by Gasteiger charge is -2.16. The zero-order chi connectivity index (χ0) is 17.1. The van der Waals surface area contributed by atoms with Crippen LogP contribution in [0.15, 0.2) is 36.4 Å². The molecule has 0 bridgehead atoms. The van der Waals surface area contributed by atoms with Gasteiger partial charge in [-0.15, -0.1) is 0 Å². The number of carbonyl (C=O) groups excluding carboxylic acids is 1. The second kappa shape index (κ2) is 6.86. The summed E-state index contributed by atoms with van der Waals surface area (Å²) in [4.78, 5) is 18.5. The Labute approximate surface area is 140 Å². The van der Waals surface area contributed by atoms with E-state index in [9.17, 15) is 9.18 Å². The van der Waals surface area contributed by atoms with Gasteiger partial charge in [-0.25, -0.2) is 14.2 Å². The lowest BCUT2D eigenvalue weighted by Crippen LogP contribution is -2.37. The highest BCUT2D eigenvalue weighted by Crippen LogP contribution is 2.32. The van der Waals surface area contributed by atoms with Crippen molar-refractivity contribution in [2.75, 3.05) is 19.0 Å². The second-order valence-electron chi connectivity index (χ2n) is 6.11. The lowest BCUT2D eigenvalue weighted by molar-refractivity contribution is 0.236. The number of hydrogen-bond donors (Lipinski definition) is 2. The van der Waals surface area contributed by atoms with Gasteiger partial charge in [0, 0.05) is 14.1 Å². The topological polar surface area (TPSA) is 57.3 Å². The summed E-state index contributed by atoms with van der Waals surface area (Å²) in [7, 11) is 3.84. The van der Waals surface area contributed by atoms with Crippen LogP contribution >= 0.6 is 0 Å². The van der Waals surface area contributed by atoms with E-state index >= 15 is 0 Å². The van der Waals surface area contributed by atoms with Crippen LogP contribution in [0.4, 0.5) is 15.0 Å². The number of aromatic nitrogens is 1.